The third kappa shape index (κ3) is 3.71. The standard InChI is InChI=1S/C23H26N2O2/c1-26-20-9-3-7-18(15-20)17-25-14-6-13-24-12-5-11-22(24)23(25)19-8-4-10-21(16-19)27-2/h3-5,7-12,15-16,23H,6,13-14,17H2,1-2H3. The lowest BCUT2D eigenvalue weighted by Crippen LogP contribution is -2.29. The summed E-state index contributed by atoms with van der Waals surface area (Å²) in [5, 5.41) is 0. The number of hydrogen-bond donors (Lipinski definition) is 0. The summed E-state index contributed by atoms with van der Waals surface area (Å²) in [4.78, 5) is 2.56. The number of benzene rings is 2. The van der Waals surface area contributed by atoms with Crippen LogP contribution in [0.25, 0.3) is 0 Å². The number of ether oxygens (including phenoxy) is 2. The average molecular weight is 362 g/mol. The van der Waals surface area contributed by atoms with Crippen molar-refractivity contribution in [3.63, 3.8) is 0 Å². The predicted molar refractivity (Wildman–Crippen MR) is 107 cm³/mol. The second-order valence-corrected chi connectivity index (χ2v) is 6.98. The molecule has 0 radical (unpaired) electrons. The molecular weight excluding hydrogens is 336 g/mol. The molecule has 0 N–H and O–H groups in total. The van der Waals surface area contributed by atoms with Crippen molar-refractivity contribution in [3.05, 3.63) is 83.7 Å². The van der Waals surface area contributed by atoms with E-state index in [1.54, 1.807) is 14.2 Å². The van der Waals surface area contributed by atoms with Gasteiger partial charge in [0, 0.05) is 31.5 Å². The van der Waals surface area contributed by atoms with Crippen LogP contribution in [0.4, 0.5) is 0 Å². The molecule has 0 saturated carbocycles. The Hall–Kier alpha value is -2.72. The monoisotopic (exact) mass is 362 g/mol. The van der Waals surface area contributed by atoms with E-state index in [2.05, 4.69) is 64.2 Å². The second-order valence-electron chi connectivity index (χ2n) is 6.98. The fraction of sp³-hybridized carbons (Fsp3) is 0.304. The molecule has 0 bridgehead atoms. The largest absolute Gasteiger partial charge is 0.497 e. The summed E-state index contributed by atoms with van der Waals surface area (Å²) in [7, 11) is 3.44. The quantitative estimate of drug-likeness (QED) is 0.668. The Morgan fingerprint density at radius 1 is 0.889 bits per heavy atom. The first kappa shape index (κ1) is 17.7. The van der Waals surface area contributed by atoms with Gasteiger partial charge in [-0.2, -0.15) is 0 Å². The predicted octanol–water partition coefficient (Wildman–Crippen LogP) is 4.50. The van der Waals surface area contributed by atoms with Gasteiger partial charge in [-0.25, -0.2) is 0 Å². The highest BCUT2D eigenvalue weighted by Gasteiger charge is 2.27. The zero-order valence-corrected chi connectivity index (χ0v) is 16.0. The Labute approximate surface area is 161 Å². The van der Waals surface area contributed by atoms with Crippen molar-refractivity contribution < 1.29 is 9.47 Å². The second kappa shape index (κ2) is 7.89. The van der Waals surface area contributed by atoms with Crippen molar-refractivity contribution in [1.82, 2.24) is 9.47 Å². The number of rotatable bonds is 5. The Bertz CT molecular complexity index is 903. The maximum atomic E-state index is 5.49. The van der Waals surface area contributed by atoms with E-state index in [0.29, 0.717) is 0 Å². The van der Waals surface area contributed by atoms with E-state index in [-0.39, 0.29) is 6.04 Å². The Morgan fingerprint density at radius 2 is 1.67 bits per heavy atom. The van der Waals surface area contributed by atoms with Gasteiger partial charge in [-0.1, -0.05) is 24.3 Å². The van der Waals surface area contributed by atoms with Crippen molar-refractivity contribution in [2.24, 2.45) is 0 Å². The van der Waals surface area contributed by atoms with Crippen molar-refractivity contribution >= 4 is 0 Å². The summed E-state index contributed by atoms with van der Waals surface area (Å²) in [6.45, 7) is 2.97. The molecule has 1 atom stereocenters. The van der Waals surface area contributed by atoms with E-state index in [9.17, 15) is 0 Å². The van der Waals surface area contributed by atoms with Crippen LogP contribution in [-0.2, 0) is 13.1 Å². The van der Waals surface area contributed by atoms with Gasteiger partial charge < -0.3 is 14.0 Å². The molecule has 140 valence electrons. The van der Waals surface area contributed by atoms with Crippen LogP contribution in [0.15, 0.2) is 66.9 Å². The maximum absolute atomic E-state index is 5.49. The van der Waals surface area contributed by atoms with E-state index in [0.717, 1.165) is 37.6 Å². The molecule has 1 unspecified atom stereocenters. The summed E-state index contributed by atoms with van der Waals surface area (Å²) in [5.41, 5.74) is 3.87. The van der Waals surface area contributed by atoms with Gasteiger partial charge in [-0.05, 0) is 53.9 Å². The van der Waals surface area contributed by atoms with Crippen LogP contribution in [-0.4, -0.2) is 30.2 Å². The minimum absolute atomic E-state index is 0.198. The van der Waals surface area contributed by atoms with Gasteiger partial charge in [0.05, 0.1) is 20.3 Å². The fourth-order valence-electron chi connectivity index (χ4n) is 4.01. The summed E-state index contributed by atoms with van der Waals surface area (Å²) in [6, 6.07) is 21.4. The van der Waals surface area contributed by atoms with E-state index in [4.69, 9.17) is 9.47 Å². The van der Waals surface area contributed by atoms with Crippen LogP contribution in [0.5, 0.6) is 11.5 Å². The smallest absolute Gasteiger partial charge is 0.119 e. The average Bonchev–Trinajstić information content (AvgIpc) is 3.09. The van der Waals surface area contributed by atoms with Crippen molar-refractivity contribution in [2.75, 3.05) is 20.8 Å². The zero-order chi connectivity index (χ0) is 18.6. The third-order valence-corrected chi connectivity index (χ3v) is 5.28. The molecule has 0 spiro atoms. The fourth-order valence-corrected chi connectivity index (χ4v) is 4.01. The normalized spacial score (nSPS) is 17.2. The van der Waals surface area contributed by atoms with Gasteiger partial charge in [-0.15, -0.1) is 0 Å². The topological polar surface area (TPSA) is 26.6 Å². The van der Waals surface area contributed by atoms with Crippen LogP contribution < -0.4 is 9.47 Å². The lowest BCUT2D eigenvalue weighted by atomic mass is 10.0. The number of methoxy groups -OCH3 is 2. The molecule has 0 aliphatic carbocycles. The first-order valence-corrected chi connectivity index (χ1v) is 9.44. The van der Waals surface area contributed by atoms with E-state index >= 15 is 0 Å². The molecule has 4 heteroatoms. The molecule has 2 heterocycles. The van der Waals surface area contributed by atoms with E-state index < -0.39 is 0 Å². The minimum atomic E-state index is 0.198. The number of nitrogens with zero attached hydrogens (tertiary/aromatic N) is 2. The van der Waals surface area contributed by atoms with Gasteiger partial charge in [0.15, 0.2) is 0 Å². The maximum Gasteiger partial charge on any atom is 0.119 e. The molecule has 1 aliphatic rings. The highest BCUT2D eigenvalue weighted by Crippen LogP contribution is 2.34. The lowest BCUT2D eigenvalue weighted by molar-refractivity contribution is 0.220. The molecule has 3 aromatic rings. The molecule has 0 amide bonds. The zero-order valence-electron chi connectivity index (χ0n) is 16.0. The molecule has 1 aliphatic heterocycles. The van der Waals surface area contributed by atoms with Crippen LogP contribution in [0.1, 0.15) is 29.3 Å². The molecule has 0 saturated heterocycles. The van der Waals surface area contributed by atoms with Gasteiger partial charge in [0.1, 0.15) is 11.5 Å². The van der Waals surface area contributed by atoms with Crippen molar-refractivity contribution in [2.45, 2.75) is 25.6 Å². The van der Waals surface area contributed by atoms with Crippen molar-refractivity contribution in [3.8, 4) is 11.5 Å². The van der Waals surface area contributed by atoms with Crippen LogP contribution in [0.3, 0.4) is 0 Å². The summed E-state index contributed by atoms with van der Waals surface area (Å²) in [6.07, 6.45) is 3.32. The number of hydrogen-bond acceptors (Lipinski definition) is 3. The Morgan fingerprint density at radius 3 is 2.48 bits per heavy atom. The van der Waals surface area contributed by atoms with Crippen LogP contribution in [0, 0.1) is 0 Å². The van der Waals surface area contributed by atoms with E-state index in [1.165, 1.54) is 16.8 Å². The molecule has 4 nitrogen and oxygen atoms in total. The van der Waals surface area contributed by atoms with Crippen molar-refractivity contribution in [1.29, 1.82) is 0 Å². The molecule has 0 fully saturated rings. The lowest BCUT2D eigenvalue weighted by Gasteiger charge is -2.31. The molecule has 27 heavy (non-hydrogen) atoms. The first-order chi connectivity index (χ1) is 13.3. The third-order valence-electron chi connectivity index (χ3n) is 5.28. The molecular formula is C23H26N2O2. The molecule has 4 rings (SSSR count). The first-order valence-electron chi connectivity index (χ1n) is 9.44. The Balaban J connectivity index is 1.73. The molecule has 2 aromatic carbocycles. The van der Waals surface area contributed by atoms with Gasteiger partial charge >= 0.3 is 0 Å². The number of fused-ring (bicyclic) bond motifs is 1. The molecule has 1 aromatic heterocycles. The summed E-state index contributed by atoms with van der Waals surface area (Å²) in [5.74, 6) is 1.81. The van der Waals surface area contributed by atoms with Crippen LogP contribution >= 0.6 is 0 Å². The SMILES string of the molecule is COc1cccc(CN2CCCn3cccc3C2c2cccc(OC)c2)c1. The summed E-state index contributed by atoms with van der Waals surface area (Å²) < 4.78 is 13.3. The Kier molecular flexibility index (Phi) is 5.16. The van der Waals surface area contributed by atoms with Gasteiger partial charge in [-0.3, -0.25) is 4.90 Å². The van der Waals surface area contributed by atoms with Gasteiger partial charge in [0.25, 0.3) is 0 Å². The highest BCUT2D eigenvalue weighted by molar-refractivity contribution is 5.36. The van der Waals surface area contributed by atoms with E-state index in [1.807, 2.05) is 12.1 Å². The van der Waals surface area contributed by atoms with Crippen LogP contribution in [0.2, 0.25) is 0 Å². The van der Waals surface area contributed by atoms with Gasteiger partial charge in [0.2, 0.25) is 0 Å². The highest BCUT2D eigenvalue weighted by atomic mass is 16.5. The number of aromatic nitrogens is 1. The summed E-state index contributed by atoms with van der Waals surface area (Å²) >= 11 is 0. The number of aryl methyl sites for hydroxylation is 1. The minimum Gasteiger partial charge on any atom is -0.497 e.